The summed E-state index contributed by atoms with van der Waals surface area (Å²) < 4.78 is 69.7. The van der Waals surface area contributed by atoms with E-state index in [1.54, 1.807) is 6.07 Å². The minimum Gasteiger partial charge on any atom is -0.482 e. The van der Waals surface area contributed by atoms with Gasteiger partial charge in [0, 0.05) is 25.2 Å². The lowest BCUT2D eigenvalue weighted by atomic mass is 10.1. The van der Waals surface area contributed by atoms with E-state index in [-0.39, 0.29) is 38.0 Å². The number of aromatic nitrogens is 2. The highest BCUT2D eigenvalue weighted by Gasteiger charge is 2.35. The first-order valence-corrected chi connectivity index (χ1v) is 9.58. The molecule has 0 spiro atoms. The predicted molar refractivity (Wildman–Crippen MR) is 111 cm³/mol. The molecule has 35 heavy (non-hydrogen) atoms. The van der Waals surface area contributed by atoms with E-state index in [9.17, 15) is 37.2 Å². The summed E-state index contributed by atoms with van der Waals surface area (Å²) in [6.07, 6.45) is -5.00. The van der Waals surface area contributed by atoms with Crippen LogP contribution in [0.25, 0.3) is 5.69 Å². The molecule has 9 nitrogen and oxygen atoms in total. The molecule has 0 saturated carbocycles. The Hall–Kier alpha value is -4.60. The van der Waals surface area contributed by atoms with Crippen molar-refractivity contribution in [2.75, 3.05) is 13.7 Å². The number of ether oxygens (including phenoxy) is 3. The maximum Gasteiger partial charge on any atom is 0.431 e. The van der Waals surface area contributed by atoms with Gasteiger partial charge in [0.15, 0.2) is 6.61 Å². The van der Waals surface area contributed by atoms with Crippen molar-refractivity contribution < 1.29 is 36.6 Å². The van der Waals surface area contributed by atoms with Crippen LogP contribution in [0.3, 0.4) is 0 Å². The van der Waals surface area contributed by atoms with Crippen molar-refractivity contribution in [2.24, 2.45) is 7.05 Å². The predicted octanol–water partition coefficient (Wildman–Crippen LogP) is 2.91. The molecule has 0 aliphatic heterocycles. The van der Waals surface area contributed by atoms with Gasteiger partial charge in [-0.2, -0.15) is 18.4 Å². The second-order valence-electron chi connectivity index (χ2n) is 6.90. The summed E-state index contributed by atoms with van der Waals surface area (Å²) in [5.41, 5.74) is -5.47. The van der Waals surface area contributed by atoms with Crippen molar-refractivity contribution in [1.82, 2.24) is 9.13 Å². The van der Waals surface area contributed by atoms with E-state index in [0.717, 1.165) is 13.1 Å². The number of benzene rings is 2. The van der Waals surface area contributed by atoms with Gasteiger partial charge in [0.05, 0.1) is 18.4 Å². The Labute approximate surface area is 193 Å². The monoisotopic (exact) mass is 493 g/mol. The quantitative estimate of drug-likeness (QED) is 0.383. The molecule has 0 atom stereocenters. The van der Waals surface area contributed by atoms with Crippen LogP contribution >= 0.6 is 0 Å². The number of carbonyl (C=O) groups excluding carboxylic acids is 1. The molecule has 0 aliphatic rings. The lowest BCUT2D eigenvalue weighted by Gasteiger charge is -2.15. The number of halogens is 4. The first-order chi connectivity index (χ1) is 16.5. The Balaban J connectivity index is 2.07. The topological polar surface area (TPSA) is 113 Å². The van der Waals surface area contributed by atoms with Crippen LogP contribution in [0.5, 0.6) is 17.2 Å². The number of methoxy groups -OCH3 is 1. The van der Waals surface area contributed by atoms with Crippen LogP contribution in [-0.2, 0) is 22.8 Å². The molecule has 2 aromatic carbocycles. The van der Waals surface area contributed by atoms with E-state index < -0.39 is 47.2 Å². The molecule has 0 bridgehead atoms. The highest BCUT2D eigenvalue weighted by molar-refractivity contribution is 5.70. The highest BCUT2D eigenvalue weighted by Crippen LogP contribution is 2.31. The number of hydrogen-bond acceptors (Lipinski definition) is 7. The van der Waals surface area contributed by atoms with Crippen LogP contribution in [0.1, 0.15) is 11.3 Å². The summed E-state index contributed by atoms with van der Waals surface area (Å²) in [5.74, 6) is -1.92. The molecular weight excluding hydrogens is 478 g/mol. The lowest BCUT2D eigenvalue weighted by molar-refractivity contribution is -0.144. The molecule has 0 radical (unpaired) electrons. The van der Waals surface area contributed by atoms with Gasteiger partial charge >= 0.3 is 17.8 Å². The standard InChI is InChI=1S/C22H15F4N3O6/c1-28-18(22(24,25)26)9-19(30)29(21(28)32)16-8-17(12(10-27)6-15(16)23)35-14-5-3-4-13(7-14)34-11-20(31)33-2/h3-9H,11H2,1-2H3. The number of alkyl halides is 3. The van der Waals surface area contributed by atoms with Gasteiger partial charge in [0.1, 0.15) is 34.8 Å². The molecule has 0 N–H and O–H groups in total. The van der Waals surface area contributed by atoms with Crippen molar-refractivity contribution in [3.63, 3.8) is 0 Å². The van der Waals surface area contributed by atoms with E-state index in [0.29, 0.717) is 6.07 Å². The molecule has 0 aliphatic carbocycles. The van der Waals surface area contributed by atoms with Crippen molar-refractivity contribution >= 4 is 5.97 Å². The molecule has 3 aromatic rings. The van der Waals surface area contributed by atoms with Crippen LogP contribution in [-0.4, -0.2) is 28.8 Å². The molecule has 1 heterocycles. The highest BCUT2D eigenvalue weighted by atomic mass is 19.4. The second kappa shape index (κ2) is 9.72. The summed E-state index contributed by atoms with van der Waals surface area (Å²) in [6.45, 7) is -0.399. The Bertz CT molecular complexity index is 1450. The van der Waals surface area contributed by atoms with Gasteiger partial charge in [-0.15, -0.1) is 0 Å². The molecule has 3 rings (SSSR count). The van der Waals surface area contributed by atoms with Crippen molar-refractivity contribution in [2.45, 2.75) is 6.18 Å². The number of nitrogens with zero attached hydrogens (tertiary/aromatic N) is 3. The minimum absolute atomic E-state index is 0.0640. The Morgan fingerprint density at radius 2 is 1.80 bits per heavy atom. The fourth-order valence-electron chi connectivity index (χ4n) is 2.96. The zero-order valence-electron chi connectivity index (χ0n) is 18.1. The average molecular weight is 493 g/mol. The number of hydrogen-bond donors (Lipinski definition) is 0. The number of carbonyl (C=O) groups is 1. The molecule has 182 valence electrons. The second-order valence-corrected chi connectivity index (χ2v) is 6.90. The molecule has 0 unspecified atom stereocenters. The summed E-state index contributed by atoms with van der Waals surface area (Å²) in [6, 6.07) is 9.08. The molecule has 0 saturated heterocycles. The van der Waals surface area contributed by atoms with Crippen LogP contribution in [0.4, 0.5) is 17.6 Å². The number of nitriles is 1. The zero-order chi connectivity index (χ0) is 25.9. The molecule has 13 heteroatoms. The van der Waals surface area contributed by atoms with E-state index in [1.807, 2.05) is 0 Å². The molecular formula is C22H15F4N3O6. The Morgan fingerprint density at radius 3 is 2.43 bits per heavy atom. The third kappa shape index (κ3) is 5.32. The van der Waals surface area contributed by atoms with E-state index >= 15 is 0 Å². The normalized spacial score (nSPS) is 11.0. The Morgan fingerprint density at radius 1 is 1.11 bits per heavy atom. The lowest BCUT2D eigenvalue weighted by Crippen LogP contribution is -2.41. The van der Waals surface area contributed by atoms with E-state index in [4.69, 9.17) is 9.47 Å². The van der Waals surface area contributed by atoms with Crippen LogP contribution in [0, 0.1) is 17.1 Å². The SMILES string of the molecule is COC(=O)COc1cccc(Oc2cc(-n3c(=O)cc(C(F)(F)F)n(C)c3=O)c(F)cc2C#N)c1. The average Bonchev–Trinajstić information content (AvgIpc) is 2.81. The molecule has 1 aromatic heterocycles. The number of rotatable bonds is 6. The summed E-state index contributed by atoms with van der Waals surface area (Å²) in [4.78, 5) is 36.1. The third-order valence-corrected chi connectivity index (χ3v) is 4.64. The third-order valence-electron chi connectivity index (χ3n) is 4.64. The van der Waals surface area contributed by atoms with Crippen LogP contribution in [0.15, 0.2) is 52.1 Å². The van der Waals surface area contributed by atoms with Gasteiger partial charge in [0.2, 0.25) is 0 Å². The summed E-state index contributed by atoms with van der Waals surface area (Å²) >= 11 is 0. The van der Waals surface area contributed by atoms with E-state index in [1.165, 1.54) is 31.4 Å². The van der Waals surface area contributed by atoms with Crippen molar-refractivity contribution in [3.8, 4) is 29.0 Å². The van der Waals surface area contributed by atoms with Gasteiger partial charge < -0.3 is 14.2 Å². The van der Waals surface area contributed by atoms with Crippen molar-refractivity contribution in [3.05, 3.63) is 80.4 Å². The first-order valence-electron chi connectivity index (χ1n) is 9.58. The maximum absolute atomic E-state index is 14.7. The fourth-order valence-corrected chi connectivity index (χ4v) is 2.96. The molecule has 0 amide bonds. The fraction of sp³-hybridized carbons (Fsp3) is 0.182. The first kappa shape index (κ1) is 25.0. The van der Waals surface area contributed by atoms with Gasteiger partial charge in [0.25, 0.3) is 5.56 Å². The minimum atomic E-state index is -5.00. The van der Waals surface area contributed by atoms with Gasteiger partial charge in [-0.1, -0.05) is 6.07 Å². The summed E-state index contributed by atoms with van der Waals surface area (Å²) in [7, 11) is 1.95. The van der Waals surface area contributed by atoms with Crippen molar-refractivity contribution in [1.29, 1.82) is 5.26 Å². The van der Waals surface area contributed by atoms with Crippen LogP contribution < -0.4 is 20.7 Å². The largest absolute Gasteiger partial charge is 0.482 e. The van der Waals surface area contributed by atoms with Crippen LogP contribution in [0.2, 0.25) is 0 Å². The molecule has 0 fully saturated rings. The maximum atomic E-state index is 14.7. The smallest absolute Gasteiger partial charge is 0.431 e. The zero-order valence-corrected chi connectivity index (χ0v) is 18.1. The Kier molecular flexibility index (Phi) is 6.95. The van der Waals surface area contributed by atoms with Gasteiger partial charge in [-0.25, -0.2) is 18.5 Å². The summed E-state index contributed by atoms with van der Waals surface area (Å²) in [5, 5.41) is 9.36. The number of esters is 1. The van der Waals surface area contributed by atoms with Gasteiger partial charge in [-0.05, 0) is 18.2 Å². The van der Waals surface area contributed by atoms with Gasteiger partial charge in [-0.3, -0.25) is 9.36 Å². The van der Waals surface area contributed by atoms with E-state index in [2.05, 4.69) is 4.74 Å².